The van der Waals surface area contributed by atoms with E-state index in [1.54, 1.807) is 42.7 Å². The van der Waals surface area contributed by atoms with Gasteiger partial charge in [0.2, 0.25) is 0 Å². The lowest BCUT2D eigenvalue weighted by Crippen LogP contribution is -2.13. The number of nitrogens with zero attached hydrogens (tertiary/aromatic N) is 3. The highest BCUT2D eigenvalue weighted by Crippen LogP contribution is 2.41. The number of benzene rings is 2. The molecule has 0 fully saturated rings. The molecule has 2 aromatic heterocycles. The predicted octanol–water partition coefficient (Wildman–Crippen LogP) is 4.60. The van der Waals surface area contributed by atoms with Crippen molar-refractivity contribution in [2.45, 2.75) is 21.3 Å². The van der Waals surface area contributed by atoms with Crippen LogP contribution in [0.1, 0.15) is 15.8 Å². The van der Waals surface area contributed by atoms with E-state index in [-0.39, 0.29) is 4.90 Å². The Morgan fingerprint density at radius 3 is 2.39 bits per heavy atom. The number of aryl methyl sites for hydroxylation is 1. The molecule has 0 spiro atoms. The Morgan fingerprint density at radius 1 is 0.893 bits per heavy atom. The molecule has 0 aliphatic carbocycles. The number of rotatable bonds is 5. The highest BCUT2D eigenvalue weighted by atomic mass is 32.3. The molecule has 0 aliphatic heterocycles. The van der Waals surface area contributed by atoms with Gasteiger partial charge in [0.05, 0.1) is 28.5 Å². The van der Waals surface area contributed by atoms with Crippen LogP contribution in [0.2, 0.25) is 0 Å². The first-order chi connectivity index (χ1) is 13.5. The van der Waals surface area contributed by atoms with Crippen LogP contribution in [0.5, 0.6) is 0 Å². The largest absolute Gasteiger partial charge is 0.262 e. The molecule has 4 aromatic rings. The molecule has 0 bridgehead atoms. The normalized spacial score (nSPS) is 12.8. The molecule has 0 amide bonds. The van der Waals surface area contributed by atoms with Gasteiger partial charge in [-0.1, -0.05) is 47.7 Å². The van der Waals surface area contributed by atoms with E-state index in [0.717, 1.165) is 10.5 Å². The second kappa shape index (κ2) is 7.69. The van der Waals surface area contributed by atoms with Gasteiger partial charge in [-0.15, -0.1) is 0 Å². The Kier molecular flexibility index (Phi) is 5.11. The van der Waals surface area contributed by atoms with Crippen molar-refractivity contribution in [2.24, 2.45) is 0 Å². The first-order valence-corrected chi connectivity index (χ1v) is 11.1. The van der Waals surface area contributed by atoms with Gasteiger partial charge in [0.15, 0.2) is 14.4 Å². The number of sulfone groups is 1. The number of pyridine rings is 1. The van der Waals surface area contributed by atoms with Crippen molar-refractivity contribution in [2.75, 3.05) is 0 Å². The number of hydrogen-bond acceptors (Lipinski definition) is 6. The third kappa shape index (κ3) is 3.76. The van der Waals surface area contributed by atoms with E-state index in [9.17, 15) is 8.42 Å². The van der Waals surface area contributed by atoms with Crippen molar-refractivity contribution in [1.29, 1.82) is 0 Å². The van der Waals surface area contributed by atoms with E-state index < -0.39 is 14.4 Å². The zero-order chi connectivity index (χ0) is 19.6. The van der Waals surface area contributed by atoms with Crippen molar-refractivity contribution in [3.63, 3.8) is 0 Å². The van der Waals surface area contributed by atoms with Crippen molar-refractivity contribution < 1.29 is 8.42 Å². The summed E-state index contributed by atoms with van der Waals surface area (Å²) in [4.78, 5) is 14.1. The number of aromatic nitrogens is 3. The molecule has 1 unspecified atom stereocenters. The highest BCUT2D eigenvalue weighted by molar-refractivity contribution is 8.12. The van der Waals surface area contributed by atoms with E-state index in [1.807, 2.05) is 37.3 Å². The van der Waals surface area contributed by atoms with Gasteiger partial charge in [0, 0.05) is 11.1 Å². The van der Waals surface area contributed by atoms with Crippen LogP contribution in [-0.2, 0) is 9.84 Å². The number of fused-ring (bicyclic) bond motifs is 1. The van der Waals surface area contributed by atoms with Crippen LogP contribution in [0.15, 0.2) is 89.0 Å². The molecule has 0 aliphatic rings. The molecular weight excluding hydrogens is 390 g/mol. The first-order valence-electron chi connectivity index (χ1n) is 8.63. The molecule has 1 atom stereocenters. The SMILES string of the molecule is Cc1ccc(S(=O)(=O)C(Sc2ccccc2)c2cnc3cnccc3n2)cc1. The molecule has 0 saturated heterocycles. The lowest BCUT2D eigenvalue weighted by atomic mass is 10.2. The van der Waals surface area contributed by atoms with Crippen LogP contribution in [0.3, 0.4) is 0 Å². The Bertz CT molecular complexity index is 1210. The molecule has 4 rings (SSSR count). The first kappa shape index (κ1) is 18.6. The molecule has 0 radical (unpaired) electrons. The van der Waals surface area contributed by atoms with Gasteiger partial charge in [-0.05, 0) is 37.3 Å². The van der Waals surface area contributed by atoms with E-state index in [1.165, 1.54) is 18.0 Å². The maximum absolute atomic E-state index is 13.5. The summed E-state index contributed by atoms with van der Waals surface area (Å²) in [5.41, 5.74) is 2.64. The fourth-order valence-electron chi connectivity index (χ4n) is 2.75. The predicted molar refractivity (Wildman–Crippen MR) is 111 cm³/mol. The number of hydrogen-bond donors (Lipinski definition) is 0. The smallest absolute Gasteiger partial charge is 0.196 e. The minimum absolute atomic E-state index is 0.267. The topological polar surface area (TPSA) is 72.8 Å². The third-order valence-electron chi connectivity index (χ3n) is 4.22. The quantitative estimate of drug-likeness (QED) is 0.450. The van der Waals surface area contributed by atoms with Gasteiger partial charge in [0.25, 0.3) is 0 Å². The van der Waals surface area contributed by atoms with Crippen molar-refractivity contribution in [3.05, 3.63) is 90.5 Å². The summed E-state index contributed by atoms with van der Waals surface area (Å²) in [5.74, 6) is 0. The summed E-state index contributed by atoms with van der Waals surface area (Å²) in [6.07, 6.45) is 4.75. The molecule has 28 heavy (non-hydrogen) atoms. The van der Waals surface area contributed by atoms with E-state index in [0.29, 0.717) is 16.7 Å². The van der Waals surface area contributed by atoms with Crippen LogP contribution in [-0.4, -0.2) is 23.4 Å². The lowest BCUT2D eigenvalue weighted by Gasteiger charge is -2.17. The summed E-state index contributed by atoms with van der Waals surface area (Å²) in [5, 5.41) is 0. The standard InChI is InChI=1S/C21H17N3O2S2/c1-15-7-9-17(10-8-15)28(25,26)21(27-16-5-3-2-4-6-16)20-14-23-19-13-22-12-11-18(19)24-20/h2-14,21H,1H3. The molecular formula is C21H17N3O2S2. The fourth-order valence-corrected chi connectivity index (χ4v) is 5.91. The summed E-state index contributed by atoms with van der Waals surface area (Å²) in [6, 6.07) is 18.1. The highest BCUT2D eigenvalue weighted by Gasteiger charge is 2.32. The van der Waals surface area contributed by atoms with Gasteiger partial charge in [-0.2, -0.15) is 0 Å². The molecule has 140 valence electrons. The Labute approximate surface area is 167 Å². The monoisotopic (exact) mass is 407 g/mol. The lowest BCUT2D eigenvalue weighted by molar-refractivity contribution is 0.593. The number of thioether (sulfide) groups is 1. The van der Waals surface area contributed by atoms with Gasteiger partial charge < -0.3 is 0 Å². The van der Waals surface area contributed by atoms with Gasteiger partial charge in [0.1, 0.15) is 5.52 Å². The summed E-state index contributed by atoms with van der Waals surface area (Å²) in [6.45, 7) is 1.93. The Balaban J connectivity index is 1.84. The van der Waals surface area contributed by atoms with Gasteiger partial charge >= 0.3 is 0 Å². The third-order valence-corrected chi connectivity index (χ3v) is 8.01. The van der Waals surface area contributed by atoms with Gasteiger partial charge in [-0.25, -0.2) is 13.4 Å². The van der Waals surface area contributed by atoms with E-state index >= 15 is 0 Å². The minimum atomic E-state index is -3.69. The molecule has 0 N–H and O–H groups in total. The van der Waals surface area contributed by atoms with Gasteiger partial charge in [-0.3, -0.25) is 9.97 Å². The zero-order valence-corrected chi connectivity index (χ0v) is 16.7. The summed E-state index contributed by atoms with van der Waals surface area (Å²) < 4.78 is 26.1. The van der Waals surface area contributed by atoms with Crippen molar-refractivity contribution in [1.82, 2.24) is 15.0 Å². The van der Waals surface area contributed by atoms with E-state index in [2.05, 4.69) is 15.0 Å². The van der Waals surface area contributed by atoms with Crippen molar-refractivity contribution >= 4 is 32.6 Å². The fraction of sp³-hybridized carbons (Fsp3) is 0.0952. The Morgan fingerprint density at radius 2 is 1.64 bits per heavy atom. The average Bonchev–Trinajstić information content (AvgIpc) is 2.72. The molecule has 2 aromatic carbocycles. The molecule has 7 heteroatoms. The zero-order valence-electron chi connectivity index (χ0n) is 15.1. The minimum Gasteiger partial charge on any atom is -0.262 e. The second-order valence-electron chi connectivity index (χ2n) is 6.28. The van der Waals surface area contributed by atoms with Crippen LogP contribution in [0, 0.1) is 6.92 Å². The van der Waals surface area contributed by atoms with Crippen LogP contribution in [0.25, 0.3) is 11.0 Å². The van der Waals surface area contributed by atoms with E-state index in [4.69, 9.17) is 0 Å². The van der Waals surface area contributed by atoms with Crippen molar-refractivity contribution in [3.8, 4) is 0 Å². The Hall–Kier alpha value is -2.77. The van der Waals surface area contributed by atoms with Crippen LogP contribution >= 0.6 is 11.8 Å². The maximum Gasteiger partial charge on any atom is 0.196 e. The summed E-state index contributed by atoms with van der Waals surface area (Å²) >= 11 is 1.25. The second-order valence-corrected chi connectivity index (χ2v) is 9.79. The maximum atomic E-state index is 13.5. The molecule has 5 nitrogen and oxygen atoms in total. The molecule has 2 heterocycles. The average molecular weight is 408 g/mol. The van der Waals surface area contributed by atoms with Crippen LogP contribution < -0.4 is 0 Å². The summed E-state index contributed by atoms with van der Waals surface area (Å²) in [7, 11) is -3.69. The van der Waals surface area contributed by atoms with Crippen LogP contribution in [0.4, 0.5) is 0 Å². The molecule has 0 saturated carbocycles.